The first-order valence-electron chi connectivity index (χ1n) is 6.34. The van der Waals surface area contributed by atoms with Crippen molar-refractivity contribution in [2.75, 3.05) is 33.4 Å². The number of hydrogen-bond acceptors (Lipinski definition) is 4. The summed E-state index contributed by atoms with van der Waals surface area (Å²) in [6.45, 7) is 4.30. The van der Waals surface area contributed by atoms with E-state index in [0.717, 1.165) is 16.8 Å². The van der Waals surface area contributed by atoms with Gasteiger partial charge in [0.1, 0.15) is 12.4 Å². The van der Waals surface area contributed by atoms with E-state index < -0.39 is 0 Å². The second-order valence-corrected chi connectivity index (χ2v) is 5.08. The lowest BCUT2D eigenvalue weighted by atomic mass is 10.3. The molecule has 4 nitrogen and oxygen atoms in total. The monoisotopic (exact) mass is 329 g/mol. The van der Waals surface area contributed by atoms with Crippen LogP contribution in [-0.2, 0) is 9.53 Å². The predicted molar refractivity (Wildman–Crippen MR) is 78.4 cm³/mol. The van der Waals surface area contributed by atoms with Crippen molar-refractivity contribution in [3.63, 3.8) is 0 Å². The van der Waals surface area contributed by atoms with Crippen LogP contribution in [-0.4, -0.2) is 44.2 Å². The molecule has 0 aliphatic heterocycles. The van der Waals surface area contributed by atoms with Crippen LogP contribution in [0.25, 0.3) is 0 Å². The maximum absolute atomic E-state index is 11.2. The van der Waals surface area contributed by atoms with E-state index in [4.69, 9.17) is 9.47 Å². The molecule has 0 radical (unpaired) electrons. The van der Waals surface area contributed by atoms with Crippen molar-refractivity contribution >= 4 is 21.9 Å². The molecule has 5 heteroatoms. The molecule has 0 saturated carbocycles. The molecule has 0 aromatic heterocycles. The van der Waals surface area contributed by atoms with Crippen LogP contribution in [0, 0.1) is 0 Å². The number of halogens is 1. The Morgan fingerprint density at radius 2 is 2.16 bits per heavy atom. The molecule has 0 saturated heterocycles. The summed E-state index contributed by atoms with van der Waals surface area (Å²) in [5, 5.41) is 0. The standard InChI is InChI=1S/C14H20BrNO3/c1-3-18-14(17)7-8-16(2)9-10-19-13-6-4-5-12(15)11-13/h4-6,11H,3,7-10H2,1-2H3. The van der Waals surface area contributed by atoms with E-state index in [1.54, 1.807) is 0 Å². The molecule has 1 aromatic rings. The Balaban J connectivity index is 2.16. The molecule has 0 spiro atoms. The van der Waals surface area contributed by atoms with Crippen molar-refractivity contribution in [2.24, 2.45) is 0 Å². The van der Waals surface area contributed by atoms with Crippen LogP contribution in [0.3, 0.4) is 0 Å². The first kappa shape index (κ1) is 16.0. The van der Waals surface area contributed by atoms with Crippen LogP contribution >= 0.6 is 15.9 Å². The fraction of sp³-hybridized carbons (Fsp3) is 0.500. The second-order valence-electron chi connectivity index (χ2n) is 4.16. The zero-order valence-corrected chi connectivity index (χ0v) is 13.0. The zero-order valence-electron chi connectivity index (χ0n) is 11.4. The lowest BCUT2D eigenvalue weighted by molar-refractivity contribution is -0.143. The van der Waals surface area contributed by atoms with Gasteiger partial charge in [-0.15, -0.1) is 0 Å². The smallest absolute Gasteiger partial charge is 0.307 e. The van der Waals surface area contributed by atoms with E-state index in [1.807, 2.05) is 38.2 Å². The topological polar surface area (TPSA) is 38.8 Å². The Labute approximate surface area is 122 Å². The van der Waals surface area contributed by atoms with E-state index in [1.165, 1.54) is 0 Å². The summed E-state index contributed by atoms with van der Waals surface area (Å²) in [4.78, 5) is 13.2. The SMILES string of the molecule is CCOC(=O)CCN(C)CCOc1cccc(Br)c1. The molecule has 0 aliphatic rings. The first-order chi connectivity index (χ1) is 9.11. The lowest BCUT2D eigenvalue weighted by Crippen LogP contribution is -2.27. The van der Waals surface area contributed by atoms with Gasteiger partial charge < -0.3 is 14.4 Å². The van der Waals surface area contributed by atoms with Crippen LogP contribution in [0.1, 0.15) is 13.3 Å². The van der Waals surface area contributed by atoms with E-state index >= 15 is 0 Å². The van der Waals surface area contributed by atoms with Crippen LogP contribution in [0.4, 0.5) is 0 Å². The van der Waals surface area contributed by atoms with E-state index in [0.29, 0.717) is 26.2 Å². The zero-order chi connectivity index (χ0) is 14.1. The molecule has 0 N–H and O–H groups in total. The third-order valence-corrected chi connectivity index (χ3v) is 3.03. The number of nitrogens with zero attached hydrogens (tertiary/aromatic N) is 1. The maximum atomic E-state index is 11.2. The molecule has 0 amide bonds. The van der Waals surface area contributed by atoms with Gasteiger partial charge in [-0.25, -0.2) is 0 Å². The van der Waals surface area contributed by atoms with Gasteiger partial charge in [0.15, 0.2) is 0 Å². The number of carbonyl (C=O) groups is 1. The Kier molecular flexibility index (Phi) is 7.52. The number of benzene rings is 1. The molecule has 0 fully saturated rings. The van der Waals surface area contributed by atoms with Crippen molar-refractivity contribution in [3.05, 3.63) is 28.7 Å². The number of likely N-dealkylation sites (N-methyl/N-ethyl adjacent to an activating group) is 1. The minimum atomic E-state index is -0.151. The van der Waals surface area contributed by atoms with E-state index in [-0.39, 0.29) is 5.97 Å². The highest BCUT2D eigenvalue weighted by atomic mass is 79.9. The van der Waals surface area contributed by atoms with Crippen LogP contribution in [0.15, 0.2) is 28.7 Å². The summed E-state index contributed by atoms with van der Waals surface area (Å²) >= 11 is 3.40. The summed E-state index contributed by atoms with van der Waals surface area (Å²) in [6, 6.07) is 7.74. The quantitative estimate of drug-likeness (QED) is 0.687. The van der Waals surface area contributed by atoms with Crippen molar-refractivity contribution in [1.29, 1.82) is 0 Å². The van der Waals surface area contributed by atoms with Crippen LogP contribution in [0.2, 0.25) is 0 Å². The average molecular weight is 330 g/mol. The fourth-order valence-corrected chi connectivity index (χ4v) is 1.88. The largest absolute Gasteiger partial charge is 0.492 e. The molecule has 0 bridgehead atoms. The molecular formula is C14H20BrNO3. The van der Waals surface area contributed by atoms with Gasteiger partial charge in [0.05, 0.1) is 13.0 Å². The van der Waals surface area contributed by atoms with Crippen molar-refractivity contribution in [3.8, 4) is 5.75 Å². The number of esters is 1. The maximum Gasteiger partial charge on any atom is 0.307 e. The normalized spacial score (nSPS) is 10.5. The van der Waals surface area contributed by atoms with E-state index in [2.05, 4.69) is 20.8 Å². The van der Waals surface area contributed by atoms with Gasteiger partial charge in [-0.05, 0) is 32.2 Å². The minimum absolute atomic E-state index is 0.151. The fourth-order valence-electron chi connectivity index (χ4n) is 1.50. The molecule has 1 rings (SSSR count). The Morgan fingerprint density at radius 1 is 1.37 bits per heavy atom. The predicted octanol–water partition coefficient (Wildman–Crippen LogP) is 2.71. The van der Waals surface area contributed by atoms with Gasteiger partial charge in [-0.2, -0.15) is 0 Å². The van der Waals surface area contributed by atoms with Gasteiger partial charge in [-0.3, -0.25) is 4.79 Å². The Hall–Kier alpha value is -1.07. The van der Waals surface area contributed by atoms with Gasteiger partial charge in [0.25, 0.3) is 0 Å². The van der Waals surface area contributed by atoms with Gasteiger partial charge in [-0.1, -0.05) is 22.0 Å². The molecule has 0 unspecified atom stereocenters. The Morgan fingerprint density at radius 3 is 2.84 bits per heavy atom. The highest BCUT2D eigenvalue weighted by molar-refractivity contribution is 9.10. The summed E-state index contributed by atoms with van der Waals surface area (Å²) in [5.74, 6) is 0.690. The van der Waals surface area contributed by atoms with Gasteiger partial charge in [0, 0.05) is 17.6 Å². The summed E-state index contributed by atoms with van der Waals surface area (Å²) in [6.07, 6.45) is 0.418. The van der Waals surface area contributed by atoms with Crippen molar-refractivity contribution < 1.29 is 14.3 Å². The highest BCUT2D eigenvalue weighted by Crippen LogP contribution is 2.17. The van der Waals surface area contributed by atoms with E-state index in [9.17, 15) is 4.79 Å². The highest BCUT2D eigenvalue weighted by Gasteiger charge is 2.05. The second kappa shape index (κ2) is 8.93. The summed E-state index contributed by atoms with van der Waals surface area (Å²) in [7, 11) is 1.96. The van der Waals surface area contributed by atoms with Crippen molar-refractivity contribution in [1.82, 2.24) is 4.90 Å². The lowest BCUT2D eigenvalue weighted by Gasteiger charge is -2.16. The third kappa shape index (κ3) is 7.18. The summed E-state index contributed by atoms with van der Waals surface area (Å²) in [5.41, 5.74) is 0. The molecule has 0 aliphatic carbocycles. The molecule has 0 atom stereocenters. The molecule has 1 aromatic carbocycles. The van der Waals surface area contributed by atoms with Crippen LogP contribution < -0.4 is 4.74 Å². The number of hydrogen-bond donors (Lipinski definition) is 0. The third-order valence-electron chi connectivity index (χ3n) is 2.54. The van der Waals surface area contributed by atoms with Crippen molar-refractivity contribution in [2.45, 2.75) is 13.3 Å². The number of carbonyl (C=O) groups excluding carboxylic acids is 1. The number of ether oxygens (including phenoxy) is 2. The average Bonchev–Trinajstić information content (AvgIpc) is 2.37. The number of rotatable bonds is 8. The van der Waals surface area contributed by atoms with Gasteiger partial charge >= 0.3 is 5.97 Å². The summed E-state index contributed by atoms with van der Waals surface area (Å²) < 4.78 is 11.5. The van der Waals surface area contributed by atoms with Crippen LogP contribution in [0.5, 0.6) is 5.75 Å². The minimum Gasteiger partial charge on any atom is -0.492 e. The Bertz CT molecular complexity index is 398. The first-order valence-corrected chi connectivity index (χ1v) is 7.13. The van der Waals surface area contributed by atoms with Gasteiger partial charge in [0.2, 0.25) is 0 Å². The molecular weight excluding hydrogens is 310 g/mol. The molecule has 0 heterocycles. The molecule has 19 heavy (non-hydrogen) atoms. The molecule has 106 valence electrons.